The van der Waals surface area contributed by atoms with Gasteiger partial charge >= 0.3 is 236 Å². The molecule has 198 valence electrons. The van der Waals surface area contributed by atoms with Crippen LogP contribution in [0.4, 0.5) is 0 Å². The molecule has 0 aromatic heterocycles. The van der Waals surface area contributed by atoms with Crippen molar-refractivity contribution in [3.63, 3.8) is 0 Å². The quantitative estimate of drug-likeness (QED) is 0.203. The summed E-state index contributed by atoms with van der Waals surface area (Å²) in [6.45, 7) is 23.4. The van der Waals surface area contributed by atoms with E-state index in [1.54, 1.807) is 17.6 Å². The first-order chi connectivity index (χ1) is 18.0. The van der Waals surface area contributed by atoms with Crippen molar-refractivity contribution in [2.75, 3.05) is 0 Å². The van der Waals surface area contributed by atoms with Gasteiger partial charge in [0.25, 0.3) is 0 Å². The summed E-state index contributed by atoms with van der Waals surface area (Å²) in [6.07, 6.45) is 0. The van der Waals surface area contributed by atoms with Gasteiger partial charge < -0.3 is 0 Å². The molecular weight excluding hydrogens is 517 g/mol. The Balaban J connectivity index is 2.42. The van der Waals surface area contributed by atoms with Crippen LogP contribution >= 0.6 is 0 Å². The molecule has 0 bridgehead atoms. The first kappa shape index (κ1) is 28.4. The molecule has 38 heavy (non-hydrogen) atoms. The van der Waals surface area contributed by atoms with Crippen molar-refractivity contribution >= 4 is 30.8 Å². The Kier molecular flexibility index (Phi) is 8.43. The topological polar surface area (TPSA) is 0 Å². The van der Waals surface area contributed by atoms with E-state index < -0.39 is 13.3 Å². The molecule has 0 N–H and O–H groups in total. The molecule has 0 atom stereocenters. The molecule has 0 aliphatic rings. The van der Waals surface area contributed by atoms with Crippen molar-refractivity contribution in [2.45, 2.75) is 87.0 Å². The molecule has 4 aromatic carbocycles. The fourth-order valence-electron chi connectivity index (χ4n) is 6.36. The Hall–Kier alpha value is -2.58. The van der Waals surface area contributed by atoms with Gasteiger partial charge in [0.1, 0.15) is 0 Å². The third kappa shape index (κ3) is 5.05. The fourth-order valence-corrected chi connectivity index (χ4v) is 20.0. The molecule has 4 aromatic rings. The van der Waals surface area contributed by atoms with E-state index in [4.69, 9.17) is 0 Å². The summed E-state index contributed by atoms with van der Waals surface area (Å²) >= 11 is -3.57. The van der Waals surface area contributed by atoms with Gasteiger partial charge in [0, 0.05) is 0 Å². The fraction of sp³-hybridized carbons (Fsp3) is 0.351. The minimum absolute atomic E-state index is 0.444. The maximum atomic E-state index is 2.57. The van der Waals surface area contributed by atoms with Crippen LogP contribution in [-0.2, 0) is 0 Å². The zero-order chi connectivity index (χ0) is 27.8. The van der Waals surface area contributed by atoms with E-state index in [0.29, 0.717) is 17.8 Å². The molecule has 4 rings (SSSR count). The Labute approximate surface area is 234 Å². The predicted octanol–water partition coefficient (Wildman–Crippen LogP) is 7.67. The molecule has 0 spiro atoms. The van der Waals surface area contributed by atoms with Crippen LogP contribution in [0.5, 0.6) is 0 Å². The number of rotatable bonds is 7. The van der Waals surface area contributed by atoms with E-state index in [1.165, 1.54) is 38.9 Å². The van der Waals surface area contributed by atoms with Crippen LogP contribution in [0.25, 0.3) is 0 Å². The molecule has 0 saturated heterocycles. The van der Waals surface area contributed by atoms with E-state index in [0.717, 1.165) is 0 Å². The normalized spacial score (nSPS) is 12.1. The van der Waals surface area contributed by atoms with Crippen LogP contribution < -0.4 is 17.6 Å². The Morgan fingerprint density at radius 1 is 0.421 bits per heavy atom. The number of benzene rings is 4. The first-order valence-electron chi connectivity index (χ1n) is 14.4. The second kappa shape index (κ2) is 11.3. The van der Waals surface area contributed by atoms with Crippen LogP contribution in [0.1, 0.15) is 98.2 Å². The van der Waals surface area contributed by atoms with Crippen molar-refractivity contribution in [1.82, 2.24) is 0 Å². The van der Waals surface area contributed by atoms with Crippen molar-refractivity contribution < 1.29 is 0 Å². The van der Waals surface area contributed by atoms with Gasteiger partial charge in [-0.1, -0.05) is 0 Å². The summed E-state index contributed by atoms with van der Waals surface area (Å²) in [7, 11) is 0. The number of hydrogen-bond acceptors (Lipinski definition) is 0. The molecule has 0 fully saturated rings. The second-order valence-corrected chi connectivity index (χ2v) is 20.0. The molecule has 1 heteroatoms. The van der Waals surface area contributed by atoms with Crippen LogP contribution in [-0.4, -0.2) is 13.3 Å². The molecule has 0 saturated carbocycles. The molecule has 0 nitrogen and oxygen atoms in total. The average Bonchev–Trinajstić information content (AvgIpc) is 2.85. The summed E-state index contributed by atoms with van der Waals surface area (Å²) in [5.74, 6) is 1.33. The third-order valence-electron chi connectivity index (χ3n) is 8.25. The number of hydrogen-bond donors (Lipinski definition) is 0. The van der Waals surface area contributed by atoms with Crippen molar-refractivity contribution in [2.24, 2.45) is 0 Å². The van der Waals surface area contributed by atoms with E-state index in [9.17, 15) is 0 Å². The first-order valence-corrected chi connectivity index (χ1v) is 18.6. The predicted molar refractivity (Wildman–Crippen MR) is 171 cm³/mol. The van der Waals surface area contributed by atoms with Crippen LogP contribution in [0.2, 0.25) is 0 Å². The van der Waals surface area contributed by atoms with Gasteiger partial charge in [-0.2, -0.15) is 0 Å². The van der Waals surface area contributed by atoms with E-state index >= 15 is 0 Å². The van der Waals surface area contributed by atoms with Crippen molar-refractivity contribution in [3.05, 3.63) is 118 Å². The summed E-state index contributed by atoms with van der Waals surface area (Å²) in [5.41, 5.74) is 9.99. The molecule has 0 heterocycles. The van der Waals surface area contributed by atoms with Crippen molar-refractivity contribution in [1.29, 1.82) is 0 Å². The zero-order valence-electron chi connectivity index (χ0n) is 25.2. The average molecular weight is 563 g/mol. The summed E-state index contributed by atoms with van der Waals surface area (Å²) in [6, 6.07) is 31.3. The Morgan fingerprint density at radius 2 is 0.763 bits per heavy atom. The summed E-state index contributed by atoms with van der Waals surface area (Å²) in [4.78, 5) is 0. The van der Waals surface area contributed by atoms with Gasteiger partial charge in [0.2, 0.25) is 0 Å². The molecule has 0 aliphatic carbocycles. The standard InChI is InChI=1S/C37H46Ge/c1-24(2)31-18-15-27(7)21-35(31)38(34-14-12-11-13-30(34)10,36-22-28(8)16-19-32(36)25(3)4)37-23-29(9)17-20-33(37)26(5)6/h11-26H,1-10H3. The molecule has 0 aliphatic heterocycles. The monoisotopic (exact) mass is 564 g/mol. The van der Waals surface area contributed by atoms with Crippen LogP contribution in [0, 0.1) is 27.7 Å². The molecule has 0 radical (unpaired) electrons. The summed E-state index contributed by atoms with van der Waals surface area (Å²) in [5, 5.41) is 0. The minimum atomic E-state index is -3.57. The van der Waals surface area contributed by atoms with Gasteiger partial charge in [-0.3, -0.25) is 0 Å². The Bertz CT molecular complexity index is 1300. The molecular formula is C37H46Ge. The van der Waals surface area contributed by atoms with E-state index in [-0.39, 0.29) is 0 Å². The summed E-state index contributed by atoms with van der Waals surface area (Å²) < 4.78 is 6.39. The molecule has 0 unspecified atom stereocenters. The SMILES string of the molecule is Cc1ccc(C(C)C)[c]([Ge]([c]2ccccc2C)([c]2cc(C)ccc2C(C)C)[c]2cc(C)ccc2C(C)C)c1. The maximum absolute atomic E-state index is 3.57. The Morgan fingerprint density at radius 3 is 1.08 bits per heavy atom. The van der Waals surface area contributed by atoms with Crippen molar-refractivity contribution in [3.8, 4) is 0 Å². The molecule has 0 amide bonds. The number of aryl methyl sites for hydroxylation is 4. The third-order valence-corrected chi connectivity index (χ3v) is 18.9. The van der Waals surface area contributed by atoms with Crippen LogP contribution in [0.3, 0.4) is 0 Å². The van der Waals surface area contributed by atoms with Crippen LogP contribution in [0.15, 0.2) is 78.9 Å². The zero-order valence-corrected chi connectivity index (χ0v) is 27.3. The van der Waals surface area contributed by atoms with E-state index in [2.05, 4.69) is 148 Å². The van der Waals surface area contributed by atoms with Gasteiger partial charge in [-0.15, -0.1) is 0 Å². The van der Waals surface area contributed by atoms with Gasteiger partial charge in [-0.25, -0.2) is 0 Å². The second-order valence-electron chi connectivity index (χ2n) is 12.3. The van der Waals surface area contributed by atoms with Gasteiger partial charge in [0.15, 0.2) is 0 Å². The van der Waals surface area contributed by atoms with E-state index in [1.807, 2.05) is 0 Å². The van der Waals surface area contributed by atoms with Gasteiger partial charge in [0.05, 0.1) is 0 Å². The van der Waals surface area contributed by atoms with Gasteiger partial charge in [-0.05, 0) is 0 Å².